The van der Waals surface area contributed by atoms with Gasteiger partial charge in [-0.15, -0.1) is 0 Å². The number of ether oxygens (including phenoxy) is 1. The third kappa shape index (κ3) is 5.31. The smallest absolute Gasteiger partial charge is 0.244 e. The van der Waals surface area contributed by atoms with E-state index in [4.69, 9.17) is 9.72 Å². The number of nitrogens with zero attached hydrogens (tertiary/aromatic N) is 5. The van der Waals surface area contributed by atoms with Gasteiger partial charge in [0.15, 0.2) is 0 Å². The van der Waals surface area contributed by atoms with E-state index in [1.165, 1.54) is 17.5 Å². The monoisotopic (exact) mass is 497 g/mol. The molecule has 1 aliphatic carbocycles. The van der Waals surface area contributed by atoms with Gasteiger partial charge in [0.25, 0.3) is 0 Å². The van der Waals surface area contributed by atoms with Crippen LogP contribution in [0.25, 0.3) is 10.9 Å². The minimum atomic E-state index is 0.0146. The fraction of sp³-hybridized carbons (Fsp3) is 0.367. The van der Waals surface area contributed by atoms with Gasteiger partial charge in [-0.2, -0.15) is 5.10 Å². The first kappa shape index (κ1) is 24.8. The highest BCUT2D eigenvalue weighted by Gasteiger charge is 2.21. The van der Waals surface area contributed by atoms with Crippen molar-refractivity contribution in [3.8, 4) is 5.75 Å². The summed E-state index contributed by atoms with van der Waals surface area (Å²) in [6, 6.07) is 16.6. The summed E-state index contributed by atoms with van der Waals surface area (Å²) in [4.78, 5) is 22.7. The minimum Gasteiger partial charge on any atom is -0.497 e. The second-order valence-electron chi connectivity index (χ2n) is 10.2. The van der Waals surface area contributed by atoms with Gasteiger partial charge in [-0.3, -0.25) is 9.48 Å². The van der Waals surface area contributed by atoms with Gasteiger partial charge in [-0.1, -0.05) is 12.1 Å². The summed E-state index contributed by atoms with van der Waals surface area (Å²) in [7, 11) is 5.68. The highest BCUT2D eigenvalue weighted by Crippen LogP contribution is 2.30. The molecule has 4 aromatic rings. The van der Waals surface area contributed by atoms with Gasteiger partial charge < -0.3 is 14.5 Å². The van der Waals surface area contributed by atoms with E-state index in [1.807, 2.05) is 68.1 Å². The highest BCUT2D eigenvalue weighted by molar-refractivity contribution is 5.84. The second kappa shape index (κ2) is 10.2. The van der Waals surface area contributed by atoms with Crippen LogP contribution in [0.15, 0.2) is 48.5 Å². The van der Waals surface area contributed by atoms with Crippen LogP contribution in [0.2, 0.25) is 0 Å². The van der Waals surface area contributed by atoms with Gasteiger partial charge in [0.05, 0.1) is 18.3 Å². The summed E-state index contributed by atoms with van der Waals surface area (Å²) in [5, 5.41) is 5.66. The molecule has 0 unspecified atom stereocenters. The van der Waals surface area contributed by atoms with Crippen LogP contribution < -0.4 is 9.64 Å². The molecule has 0 radical (unpaired) electrons. The zero-order valence-corrected chi connectivity index (χ0v) is 22.4. The minimum absolute atomic E-state index is 0.0146. The van der Waals surface area contributed by atoms with Crippen molar-refractivity contribution < 1.29 is 9.53 Å². The maximum Gasteiger partial charge on any atom is 0.244 e. The number of carbonyl (C=O) groups is 1. The molecule has 1 aliphatic rings. The molecule has 0 saturated carbocycles. The van der Waals surface area contributed by atoms with Crippen molar-refractivity contribution in [2.45, 2.75) is 52.7 Å². The molecule has 37 heavy (non-hydrogen) atoms. The molecule has 0 fully saturated rings. The molecule has 7 heteroatoms. The van der Waals surface area contributed by atoms with Crippen molar-refractivity contribution in [2.75, 3.05) is 26.1 Å². The number of aromatic nitrogens is 3. The van der Waals surface area contributed by atoms with Crippen molar-refractivity contribution in [1.82, 2.24) is 19.7 Å². The maximum absolute atomic E-state index is 13.7. The number of aryl methyl sites for hydroxylation is 4. The van der Waals surface area contributed by atoms with Gasteiger partial charge in [0.1, 0.15) is 18.1 Å². The lowest BCUT2D eigenvalue weighted by molar-refractivity contribution is -0.133. The maximum atomic E-state index is 13.7. The summed E-state index contributed by atoms with van der Waals surface area (Å²) in [5.41, 5.74) is 7.82. The first-order chi connectivity index (χ1) is 17.8. The molecule has 0 bridgehead atoms. The Kier molecular flexibility index (Phi) is 6.87. The van der Waals surface area contributed by atoms with Gasteiger partial charge in [-0.05, 0) is 86.2 Å². The van der Waals surface area contributed by atoms with Crippen LogP contribution in [0.4, 0.5) is 5.82 Å². The molecule has 0 aliphatic heterocycles. The Morgan fingerprint density at radius 3 is 2.38 bits per heavy atom. The van der Waals surface area contributed by atoms with Crippen molar-refractivity contribution >= 4 is 22.6 Å². The number of pyridine rings is 1. The zero-order chi connectivity index (χ0) is 26.1. The molecule has 2 aromatic heterocycles. The van der Waals surface area contributed by atoms with Crippen molar-refractivity contribution in [3.63, 3.8) is 0 Å². The number of fused-ring (bicyclic) bond motifs is 2. The number of rotatable bonds is 8. The standard InChI is InChI=1S/C30H35N5O2/c1-20-13-21(2)35(32-20)19-29(36)34(17-22-9-11-27(37-5)12-10-22)18-26-15-25-14-23-7-6-8-24(23)16-28(25)31-30(26)33(3)4/h9-16H,6-8,17-19H2,1-5H3. The van der Waals surface area contributed by atoms with Crippen LogP contribution in [0.1, 0.15) is 40.1 Å². The normalized spacial score (nSPS) is 12.6. The molecule has 192 valence electrons. The lowest BCUT2D eigenvalue weighted by atomic mass is 10.0. The molecule has 0 saturated heterocycles. The number of carbonyl (C=O) groups excluding carboxylic acids is 1. The zero-order valence-electron chi connectivity index (χ0n) is 22.4. The van der Waals surface area contributed by atoms with E-state index in [0.717, 1.165) is 57.8 Å². The summed E-state index contributed by atoms with van der Waals surface area (Å²) < 4.78 is 7.11. The molecule has 0 N–H and O–H groups in total. The highest BCUT2D eigenvalue weighted by atomic mass is 16.5. The fourth-order valence-electron chi connectivity index (χ4n) is 5.24. The Balaban J connectivity index is 1.51. The average molecular weight is 498 g/mol. The molecule has 2 heterocycles. The molecular weight excluding hydrogens is 462 g/mol. The van der Waals surface area contributed by atoms with Crippen LogP contribution in [-0.2, 0) is 37.3 Å². The van der Waals surface area contributed by atoms with Crippen LogP contribution in [-0.4, -0.2) is 46.8 Å². The number of hydrogen-bond acceptors (Lipinski definition) is 5. The summed E-state index contributed by atoms with van der Waals surface area (Å²) >= 11 is 0. The summed E-state index contributed by atoms with van der Waals surface area (Å²) in [6.07, 6.45) is 3.46. The Morgan fingerprint density at radius 2 is 1.73 bits per heavy atom. The Labute approximate surface area is 218 Å². The Hall–Kier alpha value is -3.87. The van der Waals surface area contributed by atoms with E-state index in [2.05, 4.69) is 23.3 Å². The van der Waals surface area contributed by atoms with Crippen molar-refractivity contribution in [3.05, 3.63) is 82.2 Å². The van der Waals surface area contributed by atoms with Crippen LogP contribution in [0, 0.1) is 13.8 Å². The molecule has 5 rings (SSSR count). The predicted octanol–water partition coefficient (Wildman–Crippen LogP) is 4.84. The van der Waals surface area contributed by atoms with Crippen LogP contribution in [0.5, 0.6) is 5.75 Å². The number of amides is 1. The lowest BCUT2D eigenvalue weighted by Gasteiger charge is -2.26. The second-order valence-corrected chi connectivity index (χ2v) is 10.2. The fourth-order valence-corrected chi connectivity index (χ4v) is 5.24. The molecule has 0 atom stereocenters. The van der Waals surface area contributed by atoms with Gasteiger partial charge in [0.2, 0.25) is 5.91 Å². The van der Waals surface area contributed by atoms with E-state index in [0.29, 0.717) is 13.1 Å². The number of methoxy groups -OCH3 is 1. The van der Waals surface area contributed by atoms with Crippen LogP contribution in [0.3, 0.4) is 0 Å². The first-order valence-electron chi connectivity index (χ1n) is 12.8. The topological polar surface area (TPSA) is 63.5 Å². The van der Waals surface area contributed by atoms with Crippen LogP contribution >= 0.6 is 0 Å². The summed E-state index contributed by atoms with van der Waals surface area (Å²) in [6.45, 7) is 5.07. The number of benzene rings is 2. The molecule has 0 spiro atoms. The van der Waals surface area contributed by atoms with E-state index in [1.54, 1.807) is 11.8 Å². The molecule has 2 aromatic carbocycles. The van der Waals surface area contributed by atoms with Crippen molar-refractivity contribution in [1.29, 1.82) is 0 Å². The number of anilines is 1. The lowest BCUT2D eigenvalue weighted by Crippen LogP contribution is -2.34. The quantitative estimate of drug-likeness (QED) is 0.349. The molecule has 7 nitrogen and oxygen atoms in total. The van der Waals surface area contributed by atoms with Crippen molar-refractivity contribution in [2.24, 2.45) is 0 Å². The van der Waals surface area contributed by atoms with Gasteiger partial charge >= 0.3 is 0 Å². The average Bonchev–Trinajstić information content (AvgIpc) is 3.46. The largest absolute Gasteiger partial charge is 0.497 e. The van der Waals surface area contributed by atoms with E-state index in [-0.39, 0.29) is 12.5 Å². The Morgan fingerprint density at radius 1 is 1.00 bits per heavy atom. The van der Waals surface area contributed by atoms with E-state index in [9.17, 15) is 4.79 Å². The van der Waals surface area contributed by atoms with E-state index < -0.39 is 0 Å². The van der Waals surface area contributed by atoms with Gasteiger partial charge in [0, 0.05) is 43.8 Å². The number of hydrogen-bond donors (Lipinski definition) is 0. The molecule has 1 amide bonds. The Bertz CT molecular complexity index is 1440. The summed E-state index contributed by atoms with van der Waals surface area (Å²) in [5.74, 6) is 1.70. The SMILES string of the molecule is COc1ccc(CN(Cc2cc3cc4c(cc3nc2N(C)C)CCC4)C(=O)Cn2nc(C)cc2C)cc1. The third-order valence-corrected chi connectivity index (χ3v) is 7.14. The predicted molar refractivity (Wildman–Crippen MR) is 147 cm³/mol. The third-order valence-electron chi connectivity index (χ3n) is 7.14. The molecular formula is C30H35N5O2. The van der Waals surface area contributed by atoms with Gasteiger partial charge in [-0.25, -0.2) is 4.98 Å². The first-order valence-corrected chi connectivity index (χ1v) is 12.8. The van der Waals surface area contributed by atoms with E-state index >= 15 is 0 Å².